The molecule has 0 saturated carbocycles. The number of anilines is 2. The van der Waals surface area contributed by atoms with Crippen molar-refractivity contribution in [3.63, 3.8) is 0 Å². The third-order valence-electron chi connectivity index (χ3n) is 4.68. The Labute approximate surface area is 180 Å². The fourth-order valence-electron chi connectivity index (χ4n) is 2.90. The smallest absolute Gasteiger partial charge is 0.265 e. The molecular formula is C22H21ClN2O4S. The summed E-state index contributed by atoms with van der Waals surface area (Å²) in [6.07, 6.45) is 0. The van der Waals surface area contributed by atoms with Crippen LogP contribution in [-0.2, 0) is 10.0 Å². The molecule has 3 rings (SSSR count). The normalized spacial score (nSPS) is 11.1. The quantitative estimate of drug-likeness (QED) is 0.559. The van der Waals surface area contributed by atoms with Gasteiger partial charge in [-0.2, -0.15) is 0 Å². The van der Waals surface area contributed by atoms with Crippen molar-refractivity contribution in [3.8, 4) is 5.75 Å². The van der Waals surface area contributed by atoms with Crippen molar-refractivity contribution >= 4 is 38.9 Å². The van der Waals surface area contributed by atoms with E-state index in [1.807, 2.05) is 19.9 Å². The minimum atomic E-state index is -4.03. The molecule has 0 aromatic heterocycles. The van der Waals surface area contributed by atoms with Crippen molar-refractivity contribution in [2.24, 2.45) is 0 Å². The van der Waals surface area contributed by atoms with Gasteiger partial charge in [-0.15, -0.1) is 0 Å². The van der Waals surface area contributed by atoms with Gasteiger partial charge in [-0.25, -0.2) is 8.42 Å². The molecule has 6 nitrogen and oxygen atoms in total. The molecule has 2 N–H and O–H groups in total. The Hall–Kier alpha value is -3.03. The van der Waals surface area contributed by atoms with E-state index < -0.39 is 10.0 Å². The lowest BCUT2D eigenvalue weighted by Crippen LogP contribution is -2.17. The fraction of sp³-hybridized carbons (Fsp3) is 0.136. The Bertz CT molecular complexity index is 1210. The predicted molar refractivity (Wildman–Crippen MR) is 119 cm³/mol. The minimum Gasteiger partial charge on any atom is -0.495 e. The Morgan fingerprint density at radius 2 is 1.73 bits per heavy atom. The zero-order valence-electron chi connectivity index (χ0n) is 16.7. The molecule has 1 amide bonds. The van der Waals surface area contributed by atoms with Gasteiger partial charge >= 0.3 is 0 Å². The molecule has 0 heterocycles. The van der Waals surface area contributed by atoms with Crippen LogP contribution in [0.1, 0.15) is 21.5 Å². The molecule has 0 spiro atoms. The SMILES string of the molecule is COc1ccc(NC(=O)c2cccc(C)c2C)cc1S(=O)(=O)Nc1ccccc1Cl. The number of para-hydroxylation sites is 1. The fourth-order valence-corrected chi connectivity index (χ4v) is 4.42. The summed E-state index contributed by atoms with van der Waals surface area (Å²) in [5.74, 6) is -0.192. The molecule has 0 atom stereocenters. The van der Waals surface area contributed by atoms with E-state index in [4.69, 9.17) is 16.3 Å². The first-order valence-electron chi connectivity index (χ1n) is 9.06. The molecule has 8 heteroatoms. The van der Waals surface area contributed by atoms with E-state index in [1.54, 1.807) is 42.5 Å². The number of sulfonamides is 1. The van der Waals surface area contributed by atoms with E-state index in [0.29, 0.717) is 11.3 Å². The summed E-state index contributed by atoms with van der Waals surface area (Å²) < 4.78 is 33.6. The highest BCUT2D eigenvalue weighted by Crippen LogP contribution is 2.31. The number of amides is 1. The van der Waals surface area contributed by atoms with Crippen LogP contribution in [0.4, 0.5) is 11.4 Å². The second-order valence-corrected chi connectivity index (χ2v) is 8.71. The standard InChI is InChI=1S/C22H21ClN2O4S/c1-14-7-6-8-17(15(14)2)22(26)24-16-11-12-20(29-3)21(13-16)30(27,28)25-19-10-5-4-9-18(19)23/h4-13,25H,1-3H3,(H,24,26). The second-order valence-electron chi connectivity index (χ2n) is 6.65. The topological polar surface area (TPSA) is 84.5 Å². The molecule has 3 aromatic rings. The van der Waals surface area contributed by atoms with Crippen molar-refractivity contribution in [1.82, 2.24) is 0 Å². The maximum Gasteiger partial charge on any atom is 0.265 e. The van der Waals surface area contributed by atoms with Gasteiger partial charge in [0.25, 0.3) is 15.9 Å². The number of ether oxygens (including phenoxy) is 1. The predicted octanol–water partition coefficient (Wildman–Crippen LogP) is 5.02. The van der Waals surface area contributed by atoms with E-state index in [-0.39, 0.29) is 27.3 Å². The van der Waals surface area contributed by atoms with Crippen molar-refractivity contribution < 1.29 is 17.9 Å². The van der Waals surface area contributed by atoms with Gasteiger partial charge in [0, 0.05) is 11.3 Å². The summed E-state index contributed by atoms with van der Waals surface area (Å²) in [4.78, 5) is 12.6. The van der Waals surface area contributed by atoms with Crippen LogP contribution < -0.4 is 14.8 Å². The Balaban J connectivity index is 1.94. The average Bonchev–Trinajstić information content (AvgIpc) is 2.71. The summed E-state index contributed by atoms with van der Waals surface area (Å²) >= 11 is 6.07. The number of carbonyl (C=O) groups is 1. The van der Waals surface area contributed by atoms with Gasteiger partial charge in [-0.05, 0) is 61.4 Å². The summed E-state index contributed by atoms with van der Waals surface area (Å²) in [7, 11) is -2.65. The first-order chi connectivity index (χ1) is 14.2. The summed E-state index contributed by atoms with van der Waals surface area (Å²) in [5.41, 5.74) is 2.93. The van der Waals surface area contributed by atoms with Gasteiger partial charge in [0.1, 0.15) is 10.6 Å². The lowest BCUT2D eigenvalue weighted by Gasteiger charge is -2.15. The van der Waals surface area contributed by atoms with Crippen molar-refractivity contribution in [2.75, 3.05) is 17.1 Å². The molecule has 3 aromatic carbocycles. The van der Waals surface area contributed by atoms with Crippen LogP contribution in [0.2, 0.25) is 5.02 Å². The molecule has 0 unspecified atom stereocenters. The zero-order valence-corrected chi connectivity index (χ0v) is 18.3. The number of hydrogen-bond acceptors (Lipinski definition) is 4. The lowest BCUT2D eigenvalue weighted by atomic mass is 10.0. The number of carbonyl (C=O) groups excluding carboxylic acids is 1. The van der Waals surface area contributed by atoms with Gasteiger partial charge in [0.05, 0.1) is 17.8 Å². The van der Waals surface area contributed by atoms with Gasteiger partial charge in [-0.3, -0.25) is 9.52 Å². The maximum atomic E-state index is 13.0. The molecule has 0 aliphatic carbocycles. The molecule has 0 fully saturated rings. The Morgan fingerprint density at radius 1 is 1.00 bits per heavy atom. The number of aryl methyl sites for hydroxylation is 1. The first kappa shape index (κ1) is 21.7. The largest absolute Gasteiger partial charge is 0.495 e. The number of halogens is 1. The molecule has 0 bridgehead atoms. The average molecular weight is 445 g/mol. The molecular weight excluding hydrogens is 424 g/mol. The van der Waals surface area contributed by atoms with Crippen LogP contribution >= 0.6 is 11.6 Å². The summed E-state index contributed by atoms with van der Waals surface area (Å²) in [6.45, 7) is 3.78. The van der Waals surface area contributed by atoms with E-state index in [1.165, 1.54) is 19.2 Å². The van der Waals surface area contributed by atoms with Crippen LogP contribution in [0, 0.1) is 13.8 Å². The summed E-state index contributed by atoms with van der Waals surface area (Å²) in [5, 5.41) is 3.02. The minimum absolute atomic E-state index is 0.122. The van der Waals surface area contributed by atoms with E-state index in [2.05, 4.69) is 10.0 Å². The zero-order chi connectivity index (χ0) is 21.9. The number of hydrogen-bond donors (Lipinski definition) is 2. The lowest BCUT2D eigenvalue weighted by molar-refractivity contribution is 0.102. The van der Waals surface area contributed by atoms with E-state index in [0.717, 1.165) is 11.1 Å². The molecule has 156 valence electrons. The third-order valence-corrected chi connectivity index (χ3v) is 6.39. The number of nitrogens with one attached hydrogen (secondary N) is 2. The maximum absolute atomic E-state index is 13.0. The third kappa shape index (κ3) is 4.58. The Kier molecular flexibility index (Phi) is 6.34. The number of methoxy groups -OCH3 is 1. The van der Waals surface area contributed by atoms with Gasteiger partial charge < -0.3 is 10.1 Å². The van der Waals surface area contributed by atoms with Gasteiger partial charge in [-0.1, -0.05) is 35.9 Å². The van der Waals surface area contributed by atoms with Gasteiger partial charge in [0.2, 0.25) is 0 Å². The van der Waals surface area contributed by atoms with E-state index >= 15 is 0 Å². The molecule has 0 saturated heterocycles. The van der Waals surface area contributed by atoms with Crippen LogP contribution in [-0.4, -0.2) is 21.4 Å². The Morgan fingerprint density at radius 3 is 2.43 bits per heavy atom. The molecule has 0 aliphatic heterocycles. The number of benzene rings is 3. The van der Waals surface area contributed by atoms with Crippen LogP contribution in [0.15, 0.2) is 65.6 Å². The first-order valence-corrected chi connectivity index (χ1v) is 10.9. The number of rotatable bonds is 6. The summed E-state index contributed by atoms with van der Waals surface area (Å²) in [6, 6.07) is 16.4. The second kappa shape index (κ2) is 8.77. The van der Waals surface area contributed by atoms with Crippen molar-refractivity contribution in [2.45, 2.75) is 18.7 Å². The van der Waals surface area contributed by atoms with Crippen LogP contribution in [0.5, 0.6) is 5.75 Å². The van der Waals surface area contributed by atoms with Crippen molar-refractivity contribution in [1.29, 1.82) is 0 Å². The van der Waals surface area contributed by atoms with E-state index in [9.17, 15) is 13.2 Å². The highest BCUT2D eigenvalue weighted by molar-refractivity contribution is 7.92. The van der Waals surface area contributed by atoms with Crippen LogP contribution in [0.3, 0.4) is 0 Å². The molecule has 0 radical (unpaired) electrons. The molecule has 30 heavy (non-hydrogen) atoms. The van der Waals surface area contributed by atoms with Gasteiger partial charge in [0.15, 0.2) is 0 Å². The van der Waals surface area contributed by atoms with Crippen molar-refractivity contribution in [3.05, 3.63) is 82.4 Å². The highest BCUT2D eigenvalue weighted by atomic mass is 35.5. The van der Waals surface area contributed by atoms with Crippen LogP contribution in [0.25, 0.3) is 0 Å². The molecule has 0 aliphatic rings. The monoisotopic (exact) mass is 444 g/mol. The highest BCUT2D eigenvalue weighted by Gasteiger charge is 2.22.